The highest BCUT2D eigenvalue weighted by molar-refractivity contribution is 5.91. The minimum absolute atomic E-state index is 0.00551. The summed E-state index contributed by atoms with van der Waals surface area (Å²) >= 11 is 0. The van der Waals surface area contributed by atoms with Crippen molar-refractivity contribution in [2.24, 2.45) is 11.7 Å². The molecule has 0 bridgehead atoms. The van der Waals surface area contributed by atoms with Crippen LogP contribution in [0.2, 0.25) is 0 Å². The van der Waals surface area contributed by atoms with Crippen molar-refractivity contribution in [1.82, 2.24) is 10.2 Å². The maximum atomic E-state index is 12.6. The molecule has 0 aliphatic carbocycles. The molecule has 1 aliphatic heterocycles. The smallest absolute Gasteiger partial charge is 0.243 e. The minimum Gasteiger partial charge on any atom is -0.344 e. The second kappa shape index (κ2) is 8.76. The van der Waals surface area contributed by atoms with E-state index in [1.54, 1.807) is 4.90 Å². The molecule has 2 rings (SSSR count). The molecule has 1 aromatic rings. The van der Waals surface area contributed by atoms with Crippen LogP contribution in [0, 0.1) is 5.92 Å². The van der Waals surface area contributed by atoms with Crippen LogP contribution in [0.1, 0.15) is 32.3 Å². The van der Waals surface area contributed by atoms with Crippen molar-refractivity contribution >= 4 is 18.1 Å². The van der Waals surface area contributed by atoms with Gasteiger partial charge in [-0.2, -0.15) is 0 Å². The van der Waals surface area contributed by atoms with Gasteiger partial charge in [0.1, 0.15) is 6.04 Å². The summed E-state index contributed by atoms with van der Waals surface area (Å²) < 4.78 is 0. The molecule has 2 amide bonds. The molecule has 1 aromatic carbocycles. The van der Waals surface area contributed by atoms with Crippen molar-refractivity contribution in [2.45, 2.75) is 51.2 Å². The summed E-state index contributed by atoms with van der Waals surface area (Å²) in [4.78, 5) is 37.9. The Kier molecular flexibility index (Phi) is 6.70. The number of hydrogen-bond donors (Lipinski definition) is 2. The number of nitrogens with one attached hydrogen (secondary N) is 1. The largest absolute Gasteiger partial charge is 0.344 e. The first-order chi connectivity index (χ1) is 11.9. The molecule has 1 fully saturated rings. The topological polar surface area (TPSA) is 92.5 Å². The zero-order valence-corrected chi connectivity index (χ0v) is 14.8. The second-order valence-corrected chi connectivity index (χ2v) is 6.83. The quantitative estimate of drug-likeness (QED) is 0.765. The van der Waals surface area contributed by atoms with Gasteiger partial charge >= 0.3 is 0 Å². The molecule has 3 N–H and O–H groups in total. The number of nitrogens with two attached hydrogens (primary N) is 1. The first-order valence-electron chi connectivity index (χ1n) is 8.72. The molecule has 0 unspecified atom stereocenters. The van der Waals surface area contributed by atoms with E-state index >= 15 is 0 Å². The number of hydrogen-bond acceptors (Lipinski definition) is 4. The summed E-state index contributed by atoms with van der Waals surface area (Å²) in [5, 5.41) is 2.71. The molecule has 3 atom stereocenters. The van der Waals surface area contributed by atoms with Crippen LogP contribution in [0.25, 0.3) is 0 Å². The number of nitrogens with zero attached hydrogens (tertiary/aromatic N) is 1. The average molecular weight is 344 g/mol. The Hall–Kier alpha value is -2.21. The fourth-order valence-corrected chi connectivity index (χ4v) is 3.02. The van der Waals surface area contributed by atoms with E-state index in [-0.39, 0.29) is 17.7 Å². The van der Waals surface area contributed by atoms with Crippen molar-refractivity contribution in [1.29, 1.82) is 0 Å². The van der Waals surface area contributed by atoms with Gasteiger partial charge in [-0.1, -0.05) is 44.2 Å². The summed E-state index contributed by atoms with van der Waals surface area (Å²) in [5.41, 5.74) is 6.89. The molecular weight excluding hydrogens is 318 g/mol. The van der Waals surface area contributed by atoms with E-state index in [1.165, 1.54) is 0 Å². The summed E-state index contributed by atoms with van der Waals surface area (Å²) in [6, 6.07) is 7.52. The second-order valence-electron chi connectivity index (χ2n) is 6.83. The molecule has 135 valence electrons. The van der Waals surface area contributed by atoms with Gasteiger partial charge in [0.2, 0.25) is 18.1 Å². The summed E-state index contributed by atoms with van der Waals surface area (Å²) in [6.07, 6.45) is 3.59. The zero-order valence-electron chi connectivity index (χ0n) is 14.8. The van der Waals surface area contributed by atoms with E-state index in [2.05, 4.69) is 5.32 Å². The van der Waals surface area contributed by atoms with Crippen LogP contribution in [-0.4, -0.2) is 47.7 Å². The van der Waals surface area contributed by atoms with Crippen LogP contribution in [0.4, 0.5) is 0 Å². The molecular formula is C19H26N3O3. The zero-order chi connectivity index (χ0) is 18.4. The molecule has 6 nitrogen and oxygen atoms in total. The minimum atomic E-state index is -0.730. The molecule has 6 heteroatoms. The van der Waals surface area contributed by atoms with E-state index in [9.17, 15) is 14.4 Å². The number of carbonyl (C=O) groups is 2. The Balaban J connectivity index is 2.00. The standard InChI is InChI=1S/C19H26N3O3/c1-13(2)17(20)19(25)22-10-6-9-16(22)18(24)21-15(12-23)11-14-7-4-3-5-8-14/h3-5,7-8,13,15-17H,6,9-11,20H2,1-2H3,(H,21,24)/t15-,16-,17-/m0/s1. The third-order valence-electron chi connectivity index (χ3n) is 4.58. The number of amides is 2. The number of carbonyl (C=O) groups excluding carboxylic acids is 3. The van der Waals surface area contributed by atoms with Gasteiger partial charge in [-0.15, -0.1) is 0 Å². The maximum absolute atomic E-state index is 12.6. The van der Waals surface area contributed by atoms with Gasteiger partial charge in [0.15, 0.2) is 0 Å². The summed E-state index contributed by atoms with van der Waals surface area (Å²) in [6.45, 7) is 4.28. The van der Waals surface area contributed by atoms with Gasteiger partial charge < -0.3 is 16.0 Å². The lowest BCUT2D eigenvalue weighted by atomic mass is 10.0. The lowest BCUT2D eigenvalue weighted by Gasteiger charge is -2.28. The normalized spacial score (nSPS) is 19.5. The SMILES string of the molecule is CC(C)[C@H](N)C(=O)N1CCC[C@H]1C(=O)N[C@H]([C]=O)Cc1ccccc1. The van der Waals surface area contributed by atoms with E-state index < -0.39 is 18.1 Å². The van der Waals surface area contributed by atoms with Gasteiger partial charge in [0.25, 0.3) is 0 Å². The fraction of sp³-hybridized carbons (Fsp3) is 0.526. The van der Waals surface area contributed by atoms with Gasteiger partial charge in [-0.05, 0) is 24.3 Å². The van der Waals surface area contributed by atoms with E-state index in [0.29, 0.717) is 19.4 Å². The van der Waals surface area contributed by atoms with E-state index in [1.807, 2.05) is 50.5 Å². The first kappa shape index (κ1) is 19.1. The third kappa shape index (κ3) is 4.89. The molecule has 1 aliphatic rings. The van der Waals surface area contributed by atoms with Crippen LogP contribution in [0.5, 0.6) is 0 Å². The molecule has 1 saturated heterocycles. The molecule has 1 heterocycles. The highest BCUT2D eigenvalue weighted by Crippen LogP contribution is 2.20. The Labute approximate surface area is 148 Å². The molecule has 0 aromatic heterocycles. The Morgan fingerprint density at radius 3 is 2.60 bits per heavy atom. The van der Waals surface area contributed by atoms with Crippen molar-refractivity contribution < 1.29 is 14.4 Å². The summed E-state index contributed by atoms with van der Waals surface area (Å²) in [7, 11) is 0. The van der Waals surface area contributed by atoms with Crippen LogP contribution in [0.15, 0.2) is 30.3 Å². The molecule has 25 heavy (non-hydrogen) atoms. The first-order valence-corrected chi connectivity index (χ1v) is 8.72. The Morgan fingerprint density at radius 2 is 2.00 bits per heavy atom. The third-order valence-corrected chi connectivity index (χ3v) is 4.58. The highest BCUT2D eigenvalue weighted by Gasteiger charge is 2.37. The Morgan fingerprint density at radius 1 is 1.32 bits per heavy atom. The number of rotatable bonds is 7. The van der Waals surface area contributed by atoms with Crippen LogP contribution < -0.4 is 11.1 Å². The van der Waals surface area contributed by atoms with Gasteiger partial charge in [0, 0.05) is 13.0 Å². The predicted octanol–water partition coefficient (Wildman–Crippen LogP) is 0.798. The summed E-state index contributed by atoms with van der Waals surface area (Å²) in [5.74, 6) is -0.514. The highest BCUT2D eigenvalue weighted by atomic mass is 16.2. The lowest BCUT2D eigenvalue weighted by molar-refractivity contribution is -0.140. The van der Waals surface area contributed by atoms with Gasteiger partial charge in [0.05, 0.1) is 12.1 Å². The molecule has 1 radical (unpaired) electrons. The van der Waals surface area contributed by atoms with Crippen molar-refractivity contribution in [3.8, 4) is 0 Å². The average Bonchev–Trinajstić information content (AvgIpc) is 3.10. The van der Waals surface area contributed by atoms with Crippen LogP contribution in [-0.2, 0) is 20.8 Å². The van der Waals surface area contributed by atoms with E-state index in [0.717, 1.165) is 12.0 Å². The van der Waals surface area contributed by atoms with Crippen molar-refractivity contribution in [2.75, 3.05) is 6.54 Å². The molecule has 0 saturated carbocycles. The van der Waals surface area contributed by atoms with Gasteiger partial charge in [-0.25, -0.2) is 0 Å². The fourth-order valence-electron chi connectivity index (χ4n) is 3.02. The molecule has 0 spiro atoms. The van der Waals surface area contributed by atoms with Gasteiger partial charge in [-0.3, -0.25) is 14.4 Å². The van der Waals surface area contributed by atoms with Crippen LogP contribution >= 0.6 is 0 Å². The van der Waals surface area contributed by atoms with Crippen LogP contribution in [0.3, 0.4) is 0 Å². The van der Waals surface area contributed by atoms with Crippen molar-refractivity contribution in [3.05, 3.63) is 35.9 Å². The lowest BCUT2D eigenvalue weighted by Crippen LogP contribution is -2.54. The Bertz CT molecular complexity index is 603. The number of benzene rings is 1. The monoisotopic (exact) mass is 344 g/mol. The maximum Gasteiger partial charge on any atom is 0.243 e. The van der Waals surface area contributed by atoms with Crippen molar-refractivity contribution in [3.63, 3.8) is 0 Å². The van der Waals surface area contributed by atoms with E-state index in [4.69, 9.17) is 5.73 Å². The number of likely N-dealkylation sites (tertiary alicyclic amines) is 1. The predicted molar refractivity (Wildman–Crippen MR) is 95.3 cm³/mol.